The minimum atomic E-state index is -0.435. The molecule has 130 valence electrons. The van der Waals surface area contributed by atoms with Gasteiger partial charge in [-0.3, -0.25) is 4.79 Å². The first kappa shape index (κ1) is 20.0. The van der Waals surface area contributed by atoms with Gasteiger partial charge in [0, 0.05) is 32.7 Å². The van der Waals surface area contributed by atoms with Crippen LogP contribution in [0, 0.1) is 5.82 Å². The molecule has 1 aromatic carbocycles. The lowest BCUT2D eigenvalue weighted by atomic mass is 10.3. The average Bonchev–Trinajstić information content (AvgIpc) is 2.52. The molecule has 0 aromatic heterocycles. The van der Waals surface area contributed by atoms with Crippen LogP contribution in [0.2, 0.25) is 5.02 Å². The lowest BCUT2D eigenvalue weighted by Crippen LogP contribution is -2.44. The van der Waals surface area contributed by atoms with E-state index in [9.17, 15) is 9.18 Å². The van der Waals surface area contributed by atoms with Crippen molar-refractivity contribution in [3.05, 3.63) is 29.0 Å². The molecule has 1 aliphatic rings. The maximum atomic E-state index is 12.9. The third-order valence-electron chi connectivity index (χ3n) is 3.44. The molecule has 1 saturated heterocycles. The van der Waals surface area contributed by atoms with Gasteiger partial charge in [-0.15, -0.1) is 12.4 Å². The minimum absolute atomic E-state index is 0. The van der Waals surface area contributed by atoms with Crippen molar-refractivity contribution in [1.82, 2.24) is 15.5 Å². The molecule has 1 amide bonds. The first-order valence-corrected chi connectivity index (χ1v) is 7.80. The van der Waals surface area contributed by atoms with Crippen molar-refractivity contribution in [3.8, 4) is 5.75 Å². The predicted molar refractivity (Wildman–Crippen MR) is 91.1 cm³/mol. The molecule has 0 aliphatic carbocycles. The van der Waals surface area contributed by atoms with Crippen molar-refractivity contribution in [2.45, 2.75) is 6.42 Å². The second-order valence-corrected chi connectivity index (χ2v) is 5.57. The largest absolute Gasteiger partial charge is 0.482 e. The Morgan fingerprint density at radius 1 is 1.39 bits per heavy atom. The third-order valence-corrected chi connectivity index (χ3v) is 3.73. The molecule has 0 radical (unpaired) electrons. The van der Waals surface area contributed by atoms with E-state index < -0.39 is 5.82 Å². The summed E-state index contributed by atoms with van der Waals surface area (Å²) < 4.78 is 18.1. The molecule has 0 unspecified atom stereocenters. The summed E-state index contributed by atoms with van der Waals surface area (Å²) in [7, 11) is 0. The van der Waals surface area contributed by atoms with Gasteiger partial charge in [-0.2, -0.15) is 0 Å². The summed E-state index contributed by atoms with van der Waals surface area (Å²) in [4.78, 5) is 14.0. The van der Waals surface area contributed by atoms with E-state index in [1.165, 1.54) is 12.1 Å². The van der Waals surface area contributed by atoms with Crippen molar-refractivity contribution < 1.29 is 13.9 Å². The maximum Gasteiger partial charge on any atom is 0.257 e. The van der Waals surface area contributed by atoms with Gasteiger partial charge >= 0.3 is 0 Å². The van der Waals surface area contributed by atoms with Crippen LogP contribution in [0.3, 0.4) is 0 Å². The quantitative estimate of drug-likeness (QED) is 0.722. The van der Waals surface area contributed by atoms with Crippen LogP contribution in [0.5, 0.6) is 5.75 Å². The Bertz CT molecular complexity index is 500. The van der Waals surface area contributed by atoms with E-state index in [-0.39, 0.29) is 29.9 Å². The van der Waals surface area contributed by atoms with Crippen LogP contribution in [-0.2, 0) is 4.79 Å². The van der Waals surface area contributed by atoms with Gasteiger partial charge < -0.3 is 20.3 Å². The topological polar surface area (TPSA) is 53.6 Å². The Kier molecular flexibility index (Phi) is 9.24. The van der Waals surface area contributed by atoms with E-state index in [1.54, 1.807) is 0 Å². The fourth-order valence-electron chi connectivity index (χ4n) is 2.25. The lowest BCUT2D eigenvalue weighted by Gasteiger charge is -2.27. The molecule has 8 heteroatoms. The molecule has 0 saturated carbocycles. The van der Waals surface area contributed by atoms with Crippen LogP contribution in [0.15, 0.2) is 18.2 Å². The number of nitrogens with zero attached hydrogens (tertiary/aromatic N) is 1. The van der Waals surface area contributed by atoms with Gasteiger partial charge in [-0.05, 0) is 31.2 Å². The Hall–Kier alpha value is -1.08. The van der Waals surface area contributed by atoms with Crippen molar-refractivity contribution in [2.75, 3.05) is 45.9 Å². The highest BCUT2D eigenvalue weighted by Crippen LogP contribution is 2.24. The molecule has 1 fully saturated rings. The number of piperazine rings is 1. The number of benzene rings is 1. The van der Waals surface area contributed by atoms with E-state index in [1.807, 2.05) is 0 Å². The van der Waals surface area contributed by atoms with Gasteiger partial charge in [0.1, 0.15) is 11.6 Å². The number of carbonyl (C=O) groups is 1. The number of halogens is 3. The minimum Gasteiger partial charge on any atom is -0.482 e. The molecule has 2 rings (SSSR count). The van der Waals surface area contributed by atoms with Gasteiger partial charge in [0.2, 0.25) is 0 Å². The van der Waals surface area contributed by atoms with Crippen molar-refractivity contribution in [2.24, 2.45) is 0 Å². The lowest BCUT2D eigenvalue weighted by molar-refractivity contribution is -0.123. The van der Waals surface area contributed by atoms with Crippen LogP contribution in [0.1, 0.15) is 6.42 Å². The SMILES string of the molecule is Cl.O=C(COc1ccc(F)cc1Cl)NCCCN1CCNCC1. The molecule has 0 spiro atoms. The normalized spacial score (nSPS) is 14.9. The van der Waals surface area contributed by atoms with Gasteiger partial charge in [-0.1, -0.05) is 11.6 Å². The van der Waals surface area contributed by atoms with Gasteiger partial charge in [0.05, 0.1) is 5.02 Å². The van der Waals surface area contributed by atoms with Crippen molar-refractivity contribution >= 4 is 29.9 Å². The Morgan fingerprint density at radius 3 is 2.83 bits per heavy atom. The van der Waals surface area contributed by atoms with E-state index >= 15 is 0 Å². The number of hydrogen-bond acceptors (Lipinski definition) is 4. The summed E-state index contributed by atoms with van der Waals surface area (Å²) in [6.45, 7) is 5.63. The highest BCUT2D eigenvalue weighted by atomic mass is 35.5. The van der Waals surface area contributed by atoms with Crippen LogP contribution in [0.4, 0.5) is 4.39 Å². The molecule has 1 aromatic rings. The fourth-order valence-corrected chi connectivity index (χ4v) is 2.47. The van der Waals surface area contributed by atoms with Crippen LogP contribution in [-0.4, -0.2) is 56.7 Å². The summed E-state index contributed by atoms with van der Waals surface area (Å²) in [5.41, 5.74) is 0. The molecular formula is C15H22Cl2FN3O2. The van der Waals surface area contributed by atoms with Crippen LogP contribution < -0.4 is 15.4 Å². The molecule has 1 aliphatic heterocycles. The van der Waals surface area contributed by atoms with E-state index in [0.717, 1.165) is 45.2 Å². The van der Waals surface area contributed by atoms with Gasteiger partial charge in [0.15, 0.2) is 6.61 Å². The van der Waals surface area contributed by atoms with E-state index in [2.05, 4.69) is 15.5 Å². The second-order valence-electron chi connectivity index (χ2n) is 5.16. The number of rotatable bonds is 7. The van der Waals surface area contributed by atoms with Crippen molar-refractivity contribution in [1.29, 1.82) is 0 Å². The summed E-state index contributed by atoms with van der Waals surface area (Å²) in [5, 5.41) is 6.26. The number of carbonyl (C=O) groups excluding carboxylic acids is 1. The zero-order chi connectivity index (χ0) is 15.8. The van der Waals surface area contributed by atoms with E-state index in [4.69, 9.17) is 16.3 Å². The highest BCUT2D eigenvalue weighted by Gasteiger charge is 2.09. The number of hydrogen-bond donors (Lipinski definition) is 2. The summed E-state index contributed by atoms with van der Waals surface area (Å²) in [5.74, 6) is -0.338. The van der Waals surface area contributed by atoms with Crippen molar-refractivity contribution in [3.63, 3.8) is 0 Å². The Morgan fingerprint density at radius 2 is 2.13 bits per heavy atom. The number of nitrogens with one attached hydrogen (secondary N) is 2. The Labute approximate surface area is 146 Å². The monoisotopic (exact) mass is 365 g/mol. The fraction of sp³-hybridized carbons (Fsp3) is 0.533. The predicted octanol–water partition coefficient (Wildman–Crippen LogP) is 1.69. The number of ether oxygens (including phenoxy) is 1. The van der Waals surface area contributed by atoms with E-state index in [0.29, 0.717) is 12.3 Å². The molecule has 2 N–H and O–H groups in total. The molecule has 1 heterocycles. The zero-order valence-electron chi connectivity index (χ0n) is 12.8. The molecule has 0 bridgehead atoms. The first-order valence-electron chi connectivity index (χ1n) is 7.43. The second kappa shape index (κ2) is 10.6. The zero-order valence-corrected chi connectivity index (χ0v) is 14.4. The highest BCUT2D eigenvalue weighted by molar-refractivity contribution is 6.32. The first-order chi connectivity index (χ1) is 10.6. The third kappa shape index (κ3) is 7.35. The molecule has 0 atom stereocenters. The molecule has 5 nitrogen and oxygen atoms in total. The average molecular weight is 366 g/mol. The summed E-state index contributed by atoms with van der Waals surface area (Å²) in [6, 6.07) is 3.81. The standard InChI is InChI=1S/C15H21ClFN3O2.ClH/c16-13-10-12(17)2-3-14(13)22-11-15(21)19-4-1-7-20-8-5-18-6-9-20;/h2-3,10,18H,1,4-9,11H2,(H,19,21);1H. The van der Waals surface area contributed by atoms with Gasteiger partial charge in [-0.25, -0.2) is 4.39 Å². The summed E-state index contributed by atoms with van der Waals surface area (Å²) >= 11 is 5.82. The van der Waals surface area contributed by atoms with Gasteiger partial charge in [0.25, 0.3) is 5.91 Å². The molecule has 23 heavy (non-hydrogen) atoms. The maximum absolute atomic E-state index is 12.9. The Balaban J connectivity index is 0.00000264. The number of amides is 1. The van der Waals surface area contributed by atoms with Crippen LogP contribution in [0.25, 0.3) is 0 Å². The summed E-state index contributed by atoms with van der Waals surface area (Å²) in [6.07, 6.45) is 0.906. The smallest absolute Gasteiger partial charge is 0.257 e. The van der Waals surface area contributed by atoms with Crippen LogP contribution >= 0.6 is 24.0 Å². The molecular weight excluding hydrogens is 344 g/mol.